The van der Waals surface area contributed by atoms with Crippen LogP contribution in [0.25, 0.3) is 0 Å². The monoisotopic (exact) mass is 488 g/mol. The first-order valence-electron chi connectivity index (χ1n) is 13.0. The summed E-state index contributed by atoms with van der Waals surface area (Å²) in [6, 6.07) is 1.48. The third-order valence-electron chi connectivity index (χ3n) is 6.87. The minimum Gasteiger partial charge on any atom is -0.487 e. The molecule has 1 aromatic rings. The van der Waals surface area contributed by atoms with E-state index in [0.29, 0.717) is 24.6 Å². The van der Waals surface area contributed by atoms with Gasteiger partial charge in [0.2, 0.25) is 5.91 Å². The molecule has 7 heteroatoms. The van der Waals surface area contributed by atoms with E-state index in [9.17, 15) is 14.4 Å². The lowest BCUT2D eigenvalue weighted by atomic mass is 9.86. The zero-order chi connectivity index (χ0) is 26.0. The van der Waals surface area contributed by atoms with Crippen molar-refractivity contribution in [3.63, 3.8) is 0 Å². The summed E-state index contributed by atoms with van der Waals surface area (Å²) in [6.45, 7) is 11.1. The number of amides is 1. The number of aryl methyl sites for hydroxylation is 1. The molecular formula is C28H44N2O5. The Balaban J connectivity index is 1.85. The lowest BCUT2D eigenvalue weighted by molar-refractivity contribution is -0.136. The second-order valence-electron chi connectivity index (χ2n) is 10.6. The third-order valence-corrected chi connectivity index (χ3v) is 6.87. The summed E-state index contributed by atoms with van der Waals surface area (Å²) in [4.78, 5) is 35.0. The highest BCUT2D eigenvalue weighted by atomic mass is 16.5. The number of nitrogens with two attached hydrogens (primary N) is 1. The molecule has 0 aliphatic carbocycles. The van der Waals surface area contributed by atoms with Crippen molar-refractivity contribution < 1.29 is 23.9 Å². The summed E-state index contributed by atoms with van der Waals surface area (Å²) < 4.78 is 12.2. The van der Waals surface area contributed by atoms with Gasteiger partial charge in [-0.05, 0) is 94.4 Å². The average Bonchev–Trinajstić information content (AvgIpc) is 2.81. The number of carbonyl (C=O) groups excluding carboxylic acids is 3. The van der Waals surface area contributed by atoms with Gasteiger partial charge in [-0.15, -0.1) is 0 Å². The van der Waals surface area contributed by atoms with Crippen molar-refractivity contribution in [1.29, 1.82) is 0 Å². The van der Waals surface area contributed by atoms with Crippen LogP contribution in [0.2, 0.25) is 0 Å². The van der Waals surface area contributed by atoms with Crippen molar-refractivity contribution in [2.24, 2.45) is 11.7 Å². The van der Waals surface area contributed by atoms with Crippen LogP contribution in [0, 0.1) is 19.8 Å². The van der Waals surface area contributed by atoms with Crippen LogP contribution in [-0.2, 0) is 20.8 Å². The molecule has 35 heavy (non-hydrogen) atoms. The fourth-order valence-corrected chi connectivity index (χ4v) is 4.40. The maximum Gasteiger partial charge on any atom is 0.311 e. The second kappa shape index (κ2) is 13.6. The van der Waals surface area contributed by atoms with Gasteiger partial charge in [-0.1, -0.05) is 20.3 Å². The van der Waals surface area contributed by atoms with Gasteiger partial charge in [-0.25, -0.2) is 0 Å². The van der Waals surface area contributed by atoms with Crippen molar-refractivity contribution in [1.82, 2.24) is 5.32 Å². The number of nitrogens with one attached hydrogen (secondary N) is 1. The van der Waals surface area contributed by atoms with E-state index in [1.165, 1.54) is 6.42 Å². The molecule has 1 aromatic carbocycles. The maximum atomic E-state index is 12.4. The van der Waals surface area contributed by atoms with Crippen LogP contribution in [0.4, 0.5) is 0 Å². The van der Waals surface area contributed by atoms with E-state index in [0.717, 1.165) is 67.3 Å². The van der Waals surface area contributed by atoms with Crippen molar-refractivity contribution in [2.45, 2.75) is 110 Å². The third kappa shape index (κ3) is 9.28. The molecule has 3 N–H and O–H groups in total. The number of benzene rings is 1. The van der Waals surface area contributed by atoms with Crippen LogP contribution in [0.1, 0.15) is 95.2 Å². The molecule has 0 spiro atoms. The molecule has 1 heterocycles. The lowest BCUT2D eigenvalue weighted by Crippen LogP contribution is -2.36. The molecule has 0 bridgehead atoms. The first-order chi connectivity index (χ1) is 16.5. The zero-order valence-electron chi connectivity index (χ0n) is 22.2. The van der Waals surface area contributed by atoms with Gasteiger partial charge in [0.15, 0.2) is 0 Å². The van der Waals surface area contributed by atoms with E-state index in [-0.39, 0.29) is 24.3 Å². The number of rotatable bonds is 14. The van der Waals surface area contributed by atoms with Crippen LogP contribution < -0.4 is 20.5 Å². The molecule has 2 rings (SSSR count). The number of fused-ring (bicyclic) bond motifs is 1. The summed E-state index contributed by atoms with van der Waals surface area (Å²) in [7, 11) is 0. The Morgan fingerprint density at radius 1 is 1.17 bits per heavy atom. The standard InChI is InChI=1S/C28H44N2O5/c1-19(2)9-8-14-28(5)15-13-22-17-24(20(3)21(4)27(22)35-28)34-26(33)12-11-25(32)30-16-7-6-10-23(29)18-31/h17-19,23H,6-16,29H2,1-5H3,(H,30,32). The predicted molar refractivity (Wildman–Crippen MR) is 138 cm³/mol. The average molecular weight is 489 g/mol. The maximum absolute atomic E-state index is 12.4. The Hall–Kier alpha value is -2.41. The number of hydrogen-bond donors (Lipinski definition) is 2. The Kier molecular flexibility index (Phi) is 11.2. The van der Waals surface area contributed by atoms with Crippen molar-refractivity contribution in [3.8, 4) is 11.5 Å². The van der Waals surface area contributed by atoms with E-state index in [2.05, 4.69) is 26.1 Å². The molecule has 0 fully saturated rings. The summed E-state index contributed by atoms with van der Waals surface area (Å²) in [5.74, 6) is 1.56. The van der Waals surface area contributed by atoms with Crippen molar-refractivity contribution in [3.05, 3.63) is 22.8 Å². The number of aldehydes is 1. The Labute approximate surface area is 210 Å². The van der Waals surface area contributed by atoms with Gasteiger partial charge in [-0.2, -0.15) is 0 Å². The van der Waals surface area contributed by atoms with E-state index in [1.54, 1.807) is 0 Å². The first kappa shape index (κ1) is 28.8. The van der Waals surface area contributed by atoms with Gasteiger partial charge in [0.05, 0.1) is 12.5 Å². The zero-order valence-corrected chi connectivity index (χ0v) is 22.2. The van der Waals surface area contributed by atoms with Crippen LogP contribution in [0.15, 0.2) is 6.07 Å². The minimum absolute atomic E-state index is 0.0157. The van der Waals surface area contributed by atoms with Crippen molar-refractivity contribution in [2.75, 3.05) is 6.54 Å². The highest BCUT2D eigenvalue weighted by molar-refractivity contribution is 5.82. The summed E-state index contributed by atoms with van der Waals surface area (Å²) in [5.41, 5.74) is 8.35. The van der Waals surface area contributed by atoms with E-state index >= 15 is 0 Å². The van der Waals surface area contributed by atoms with E-state index in [1.807, 2.05) is 19.9 Å². The first-order valence-corrected chi connectivity index (χ1v) is 13.0. The Bertz CT molecular complexity index is 883. The molecule has 2 atom stereocenters. The number of ether oxygens (including phenoxy) is 2. The summed E-state index contributed by atoms with van der Waals surface area (Å²) in [5, 5.41) is 2.79. The molecule has 0 saturated carbocycles. The quantitative estimate of drug-likeness (QED) is 0.170. The van der Waals surface area contributed by atoms with Crippen LogP contribution >= 0.6 is 0 Å². The van der Waals surface area contributed by atoms with Crippen LogP contribution in [-0.4, -0.2) is 36.4 Å². The van der Waals surface area contributed by atoms with Crippen LogP contribution in [0.5, 0.6) is 11.5 Å². The highest BCUT2D eigenvalue weighted by Crippen LogP contribution is 2.42. The topological polar surface area (TPSA) is 108 Å². The molecule has 1 aliphatic rings. The van der Waals surface area contributed by atoms with Gasteiger partial charge in [-0.3, -0.25) is 9.59 Å². The lowest BCUT2D eigenvalue weighted by Gasteiger charge is -2.37. The smallest absolute Gasteiger partial charge is 0.311 e. The molecule has 7 nitrogen and oxygen atoms in total. The summed E-state index contributed by atoms with van der Waals surface area (Å²) >= 11 is 0. The van der Waals surface area contributed by atoms with E-state index in [4.69, 9.17) is 15.2 Å². The second-order valence-corrected chi connectivity index (χ2v) is 10.6. The Morgan fingerprint density at radius 3 is 2.60 bits per heavy atom. The summed E-state index contributed by atoms with van der Waals surface area (Å²) in [6.07, 6.45) is 8.15. The molecule has 2 unspecified atom stereocenters. The molecule has 0 aromatic heterocycles. The molecule has 0 saturated heterocycles. The predicted octanol–water partition coefficient (Wildman–Crippen LogP) is 4.71. The number of carbonyl (C=O) groups is 3. The molecule has 196 valence electrons. The van der Waals surface area contributed by atoms with Crippen LogP contribution in [0.3, 0.4) is 0 Å². The Morgan fingerprint density at radius 2 is 1.91 bits per heavy atom. The van der Waals surface area contributed by atoms with Gasteiger partial charge in [0, 0.05) is 13.0 Å². The normalized spacial score (nSPS) is 17.9. The number of unbranched alkanes of at least 4 members (excludes halogenated alkanes) is 1. The molecule has 1 amide bonds. The fourth-order valence-electron chi connectivity index (χ4n) is 4.40. The van der Waals surface area contributed by atoms with Gasteiger partial charge in [0.25, 0.3) is 0 Å². The molecule has 1 aliphatic heterocycles. The largest absolute Gasteiger partial charge is 0.487 e. The number of hydrogen-bond acceptors (Lipinski definition) is 6. The molecule has 0 radical (unpaired) electrons. The minimum atomic E-state index is -0.443. The fraction of sp³-hybridized carbons (Fsp3) is 0.679. The van der Waals surface area contributed by atoms with Gasteiger partial charge >= 0.3 is 5.97 Å². The van der Waals surface area contributed by atoms with Gasteiger partial charge < -0.3 is 25.3 Å². The number of esters is 1. The van der Waals surface area contributed by atoms with Crippen molar-refractivity contribution >= 4 is 18.2 Å². The highest BCUT2D eigenvalue weighted by Gasteiger charge is 2.33. The molecular weight excluding hydrogens is 444 g/mol. The van der Waals surface area contributed by atoms with E-state index < -0.39 is 12.0 Å². The van der Waals surface area contributed by atoms with Gasteiger partial charge in [0.1, 0.15) is 23.4 Å². The SMILES string of the molecule is Cc1c(OC(=O)CCC(=O)NCCCCC(N)C=O)cc2c(c1C)OC(C)(CCCC(C)C)CC2.